The van der Waals surface area contributed by atoms with Gasteiger partial charge in [0.2, 0.25) is 0 Å². The molecule has 0 aliphatic rings. The standard InChI is InChI=1S/C53H31N3O2/c1-2-10-32(11-3-1)36-28-29-39-38(30-36)27-23-34-22-26-37(31-44(34)39)33-20-24-35(25-21-33)51-54-52(42-14-8-18-47-49(42)40-12-4-6-16-45(40)57-47)56-53(55-51)43-15-9-19-48-50(43)41-13-5-7-17-46(41)58-48/h1-31H. The number of para-hydroxylation sites is 2. The van der Waals surface area contributed by atoms with E-state index < -0.39 is 0 Å². The van der Waals surface area contributed by atoms with Crippen LogP contribution in [0.1, 0.15) is 0 Å². The van der Waals surface area contributed by atoms with Crippen LogP contribution in [0.4, 0.5) is 0 Å². The summed E-state index contributed by atoms with van der Waals surface area (Å²) in [6.07, 6.45) is 0. The molecule has 0 fully saturated rings. The highest BCUT2D eigenvalue weighted by Crippen LogP contribution is 2.40. The number of aromatic nitrogens is 3. The van der Waals surface area contributed by atoms with Crippen LogP contribution in [0.25, 0.3) is 122 Å². The van der Waals surface area contributed by atoms with Gasteiger partial charge < -0.3 is 8.83 Å². The summed E-state index contributed by atoms with van der Waals surface area (Å²) in [6.45, 7) is 0. The van der Waals surface area contributed by atoms with Crippen LogP contribution in [-0.4, -0.2) is 15.0 Å². The quantitative estimate of drug-likeness (QED) is 0.164. The van der Waals surface area contributed by atoms with Gasteiger partial charge in [0.05, 0.1) is 0 Å². The van der Waals surface area contributed by atoms with Gasteiger partial charge >= 0.3 is 0 Å². The lowest BCUT2D eigenvalue weighted by atomic mass is 9.95. The fourth-order valence-electron chi connectivity index (χ4n) is 8.53. The third-order valence-corrected chi connectivity index (χ3v) is 11.3. The van der Waals surface area contributed by atoms with Gasteiger partial charge in [-0.05, 0) is 80.2 Å². The number of benzene rings is 9. The SMILES string of the molecule is c1ccc(-c2ccc3c(ccc4ccc(-c5ccc(-c6nc(-c7cccc8oc9ccccc9c78)nc(-c7cccc8oc9ccccc9c78)n6)cc5)cc43)c2)cc1. The molecule has 58 heavy (non-hydrogen) atoms. The molecule has 3 heterocycles. The van der Waals surface area contributed by atoms with Crippen LogP contribution >= 0.6 is 0 Å². The number of nitrogens with zero attached hydrogens (tertiary/aromatic N) is 3. The molecule has 0 radical (unpaired) electrons. The van der Waals surface area contributed by atoms with Gasteiger partial charge in [0.25, 0.3) is 0 Å². The first-order chi connectivity index (χ1) is 28.7. The zero-order valence-electron chi connectivity index (χ0n) is 31.1. The van der Waals surface area contributed by atoms with Crippen LogP contribution in [0.5, 0.6) is 0 Å². The van der Waals surface area contributed by atoms with E-state index in [4.69, 9.17) is 23.8 Å². The van der Waals surface area contributed by atoms with Gasteiger partial charge in [0, 0.05) is 38.2 Å². The van der Waals surface area contributed by atoms with Crippen molar-refractivity contribution >= 4 is 65.4 Å². The molecule has 0 aliphatic carbocycles. The highest BCUT2D eigenvalue weighted by atomic mass is 16.3. The third kappa shape index (κ3) is 5.21. The monoisotopic (exact) mass is 741 g/mol. The Bertz CT molecular complexity index is 3430. The minimum atomic E-state index is 0.572. The highest BCUT2D eigenvalue weighted by Gasteiger charge is 2.20. The van der Waals surface area contributed by atoms with Gasteiger partial charge in [-0.2, -0.15) is 0 Å². The first kappa shape index (κ1) is 32.4. The van der Waals surface area contributed by atoms with E-state index in [2.05, 4.69) is 127 Å². The summed E-state index contributed by atoms with van der Waals surface area (Å²) in [5.74, 6) is 1.73. The fraction of sp³-hybridized carbons (Fsp3) is 0. The normalized spacial score (nSPS) is 11.8. The molecule has 270 valence electrons. The topological polar surface area (TPSA) is 65.0 Å². The van der Waals surface area contributed by atoms with Gasteiger partial charge in [0.1, 0.15) is 22.3 Å². The molecule has 0 aliphatic heterocycles. The number of rotatable bonds is 5. The van der Waals surface area contributed by atoms with Crippen molar-refractivity contribution in [3.8, 4) is 56.4 Å². The number of furan rings is 2. The molecule has 9 aromatic carbocycles. The van der Waals surface area contributed by atoms with Crippen molar-refractivity contribution in [2.24, 2.45) is 0 Å². The zero-order chi connectivity index (χ0) is 38.2. The largest absolute Gasteiger partial charge is 0.456 e. The van der Waals surface area contributed by atoms with E-state index in [1.54, 1.807) is 0 Å². The average molecular weight is 742 g/mol. The van der Waals surface area contributed by atoms with Crippen LogP contribution in [-0.2, 0) is 0 Å². The van der Waals surface area contributed by atoms with E-state index in [9.17, 15) is 0 Å². The Morgan fingerprint density at radius 3 is 1.43 bits per heavy atom. The minimum absolute atomic E-state index is 0.572. The predicted molar refractivity (Wildman–Crippen MR) is 237 cm³/mol. The average Bonchev–Trinajstić information content (AvgIpc) is 3.88. The molecule has 0 bridgehead atoms. The summed E-state index contributed by atoms with van der Waals surface area (Å²) in [5, 5.41) is 8.89. The van der Waals surface area contributed by atoms with Crippen molar-refractivity contribution < 1.29 is 8.83 Å². The summed E-state index contributed by atoms with van der Waals surface area (Å²) < 4.78 is 12.6. The summed E-state index contributed by atoms with van der Waals surface area (Å²) in [4.78, 5) is 15.6. The van der Waals surface area contributed by atoms with E-state index in [1.807, 2.05) is 60.7 Å². The van der Waals surface area contributed by atoms with E-state index in [0.717, 1.165) is 71.7 Å². The molecule has 3 aromatic heterocycles. The maximum atomic E-state index is 6.29. The molecule has 0 amide bonds. The first-order valence-corrected chi connectivity index (χ1v) is 19.4. The Hall–Kier alpha value is -7.89. The van der Waals surface area contributed by atoms with E-state index >= 15 is 0 Å². The number of hydrogen-bond acceptors (Lipinski definition) is 5. The summed E-state index contributed by atoms with van der Waals surface area (Å²) in [5.41, 5.74) is 10.6. The second-order valence-electron chi connectivity index (χ2n) is 14.7. The first-order valence-electron chi connectivity index (χ1n) is 19.4. The van der Waals surface area contributed by atoms with Crippen LogP contribution in [0.2, 0.25) is 0 Å². The second-order valence-corrected chi connectivity index (χ2v) is 14.7. The van der Waals surface area contributed by atoms with E-state index in [-0.39, 0.29) is 0 Å². The maximum Gasteiger partial charge on any atom is 0.164 e. The Balaban J connectivity index is 0.999. The Morgan fingerprint density at radius 1 is 0.276 bits per heavy atom. The van der Waals surface area contributed by atoms with Gasteiger partial charge in [0.15, 0.2) is 17.5 Å². The van der Waals surface area contributed by atoms with Gasteiger partial charge in [-0.3, -0.25) is 0 Å². The molecular formula is C53H31N3O2. The molecule has 5 heteroatoms. The van der Waals surface area contributed by atoms with Crippen molar-refractivity contribution in [2.75, 3.05) is 0 Å². The molecule has 0 saturated heterocycles. The van der Waals surface area contributed by atoms with Gasteiger partial charge in [-0.1, -0.05) is 152 Å². The van der Waals surface area contributed by atoms with Crippen molar-refractivity contribution in [1.29, 1.82) is 0 Å². The van der Waals surface area contributed by atoms with E-state index in [1.165, 1.54) is 32.7 Å². The second kappa shape index (κ2) is 12.8. The lowest BCUT2D eigenvalue weighted by Crippen LogP contribution is -2.00. The predicted octanol–water partition coefficient (Wildman–Crippen LogP) is 14.3. The molecule has 0 saturated carbocycles. The van der Waals surface area contributed by atoms with Crippen LogP contribution in [0.3, 0.4) is 0 Å². The van der Waals surface area contributed by atoms with Crippen molar-refractivity contribution in [3.05, 3.63) is 188 Å². The molecule has 12 aromatic rings. The van der Waals surface area contributed by atoms with Crippen LogP contribution < -0.4 is 0 Å². The fourth-order valence-corrected chi connectivity index (χ4v) is 8.53. The molecular weight excluding hydrogens is 711 g/mol. The molecule has 0 N–H and O–H groups in total. The molecule has 0 spiro atoms. The molecule has 12 rings (SSSR count). The maximum absolute atomic E-state index is 6.29. The summed E-state index contributed by atoms with van der Waals surface area (Å²) in [7, 11) is 0. The summed E-state index contributed by atoms with van der Waals surface area (Å²) >= 11 is 0. The third-order valence-electron chi connectivity index (χ3n) is 11.3. The summed E-state index contributed by atoms with van der Waals surface area (Å²) in [6, 6.07) is 65.3. The Kier molecular flexibility index (Phi) is 7.16. The van der Waals surface area contributed by atoms with Crippen molar-refractivity contribution in [3.63, 3.8) is 0 Å². The molecule has 0 atom stereocenters. The minimum Gasteiger partial charge on any atom is -0.456 e. The van der Waals surface area contributed by atoms with E-state index in [0.29, 0.717) is 17.5 Å². The van der Waals surface area contributed by atoms with Crippen molar-refractivity contribution in [2.45, 2.75) is 0 Å². The Morgan fingerprint density at radius 2 is 0.759 bits per heavy atom. The molecule has 0 unspecified atom stereocenters. The number of fused-ring (bicyclic) bond motifs is 9. The zero-order valence-corrected chi connectivity index (χ0v) is 31.1. The Labute approximate surface area is 332 Å². The number of hydrogen-bond donors (Lipinski definition) is 0. The lowest BCUT2D eigenvalue weighted by Gasteiger charge is -2.11. The van der Waals surface area contributed by atoms with Gasteiger partial charge in [-0.25, -0.2) is 15.0 Å². The van der Waals surface area contributed by atoms with Gasteiger partial charge in [-0.15, -0.1) is 0 Å². The van der Waals surface area contributed by atoms with Crippen LogP contribution in [0.15, 0.2) is 197 Å². The van der Waals surface area contributed by atoms with Crippen LogP contribution in [0, 0.1) is 0 Å². The van der Waals surface area contributed by atoms with Crippen molar-refractivity contribution in [1.82, 2.24) is 15.0 Å². The highest BCUT2D eigenvalue weighted by molar-refractivity contribution is 6.14. The molecule has 5 nitrogen and oxygen atoms in total. The smallest absolute Gasteiger partial charge is 0.164 e. The lowest BCUT2D eigenvalue weighted by molar-refractivity contribution is 0.668.